The molecule has 3 aromatic rings. The molecule has 0 radical (unpaired) electrons. The van der Waals surface area contributed by atoms with Gasteiger partial charge in [0.25, 0.3) is 11.8 Å². The van der Waals surface area contributed by atoms with Gasteiger partial charge in [0, 0.05) is 0 Å². The van der Waals surface area contributed by atoms with Crippen molar-refractivity contribution < 1.29 is 24.0 Å². The second kappa shape index (κ2) is 10.4. The molecular weight excluding hydrogens is 434 g/mol. The maximum absolute atomic E-state index is 13.0. The number of hydrazone groups is 1. The summed E-state index contributed by atoms with van der Waals surface area (Å²) in [5.41, 5.74) is 2.22. The van der Waals surface area contributed by atoms with Crippen LogP contribution in [-0.2, 0) is 9.59 Å². The normalized spacial score (nSPS) is 10.0. The number of rotatable bonds is 9. The van der Waals surface area contributed by atoms with Crippen molar-refractivity contribution in [2.24, 2.45) is 5.10 Å². The van der Waals surface area contributed by atoms with Gasteiger partial charge < -0.3 is 30.2 Å². The Morgan fingerprint density at radius 1 is 0.970 bits per heavy atom. The summed E-state index contributed by atoms with van der Waals surface area (Å²) in [4.78, 5) is 42.3. The largest absolute Gasteiger partial charge is 0.495 e. The SMILES string of the molecule is COc1ccccc1NC(=O)C(=NNc1nc[nH]c1[N+](=O)[O-])C(=O)Nc1ccccc1OC. The number of methoxy groups -OCH3 is 2. The molecule has 0 aliphatic rings. The number of anilines is 3. The Morgan fingerprint density at radius 3 is 1.97 bits per heavy atom. The van der Waals surface area contributed by atoms with Gasteiger partial charge in [-0.25, -0.2) is 4.98 Å². The molecule has 0 aliphatic carbocycles. The number of nitrogens with one attached hydrogen (secondary N) is 4. The standard InChI is InChI=1S/C20H19N7O6/c1-32-14-9-5-3-7-12(14)23-19(28)16(25-26-17-18(27(30)31)22-11-21-17)20(29)24-13-8-4-6-10-15(13)33-2/h3-11,26H,1-2H3,(H,21,22)(H,23,28)(H,24,29). The lowest BCUT2D eigenvalue weighted by Crippen LogP contribution is -2.35. The molecule has 2 amide bonds. The molecule has 3 rings (SSSR count). The molecule has 170 valence electrons. The Kier molecular flexibility index (Phi) is 7.16. The van der Waals surface area contributed by atoms with Crippen LogP contribution in [0.4, 0.5) is 23.0 Å². The first kappa shape index (κ1) is 22.7. The Bertz CT molecular complexity index is 1140. The lowest BCUT2D eigenvalue weighted by Gasteiger charge is -2.13. The van der Waals surface area contributed by atoms with E-state index >= 15 is 0 Å². The van der Waals surface area contributed by atoms with Gasteiger partial charge in [-0.2, -0.15) is 10.1 Å². The third-order valence-electron chi connectivity index (χ3n) is 4.22. The van der Waals surface area contributed by atoms with E-state index in [0.717, 1.165) is 6.33 Å². The van der Waals surface area contributed by atoms with E-state index in [1.54, 1.807) is 48.5 Å². The molecule has 1 heterocycles. The van der Waals surface area contributed by atoms with E-state index in [4.69, 9.17) is 9.47 Å². The molecule has 0 spiro atoms. The molecule has 13 nitrogen and oxygen atoms in total. The summed E-state index contributed by atoms with van der Waals surface area (Å²) in [6, 6.07) is 13.1. The van der Waals surface area contributed by atoms with E-state index < -0.39 is 28.3 Å². The van der Waals surface area contributed by atoms with Gasteiger partial charge in [0.2, 0.25) is 11.5 Å². The van der Waals surface area contributed by atoms with Gasteiger partial charge in [0.05, 0.1) is 25.6 Å². The topological polar surface area (TPSA) is 173 Å². The molecule has 33 heavy (non-hydrogen) atoms. The number of aromatic nitrogens is 2. The van der Waals surface area contributed by atoms with E-state index in [-0.39, 0.29) is 17.2 Å². The Hall–Kier alpha value is -4.94. The van der Waals surface area contributed by atoms with Crippen molar-refractivity contribution in [2.75, 3.05) is 30.3 Å². The summed E-state index contributed by atoms with van der Waals surface area (Å²) in [6.07, 6.45) is 1.07. The fourth-order valence-corrected chi connectivity index (χ4v) is 2.68. The monoisotopic (exact) mass is 453 g/mol. The van der Waals surface area contributed by atoms with Crippen molar-refractivity contribution >= 4 is 40.5 Å². The van der Waals surface area contributed by atoms with E-state index in [0.29, 0.717) is 11.5 Å². The number of H-pyrrole nitrogens is 1. The summed E-state index contributed by atoms with van der Waals surface area (Å²) in [7, 11) is 2.85. The maximum atomic E-state index is 13.0. The van der Waals surface area contributed by atoms with Gasteiger partial charge in [0.15, 0.2) is 6.33 Å². The zero-order valence-corrected chi connectivity index (χ0v) is 17.5. The number of para-hydroxylation sites is 4. The van der Waals surface area contributed by atoms with Crippen LogP contribution in [0.1, 0.15) is 0 Å². The van der Waals surface area contributed by atoms with Crippen molar-refractivity contribution in [3.63, 3.8) is 0 Å². The second-order valence-electron chi connectivity index (χ2n) is 6.24. The van der Waals surface area contributed by atoms with Crippen LogP contribution in [0, 0.1) is 10.1 Å². The average Bonchev–Trinajstić information content (AvgIpc) is 3.29. The molecule has 4 N–H and O–H groups in total. The molecule has 0 bridgehead atoms. The van der Waals surface area contributed by atoms with Crippen LogP contribution < -0.4 is 25.5 Å². The van der Waals surface area contributed by atoms with Crippen LogP contribution in [-0.4, -0.2) is 46.6 Å². The lowest BCUT2D eigenvalue weighted by atomic mass is 10.2. The average molecular weight is 453 g/mol. The van der Waals surface area contributed by atoms with Crippen molar-refractivity contribution in [1.29, 1.82) is 0 Å². The number of aromatic amines is 1. The minimum Gasteiger partial charge on any atom is -0.495 e. The zero-order valence-electron chi connectivity index (χ0n) is 17.5. The van der Waals surface area contributed by atoms with Gasteiger partial charge >= 0.3 is 5.82 Å². The number of imidazole rings is 1. The number of nitro groups is 1. The van der Waals surface area contributed by atoms with E-state index in [9.17, 15) is 19.7 Å². The molecule has 0 saturated heterocycles. The fraction of sp³-hybridized carbons (Fsp3) is 0.100. The number of carbonyl (C=O) groups is 2. The van der Waals surface area contributed by atoms with Gasteiger partial charge in [0.1, 0.15) is 11.5 Å². The van der Waals surface area contributed by atoms with E-state index in [1.165, 1.54) is 14.2 Å². The highest BCUT2D eigenvalue weighted by Crippen LogP contribution is 2.25. The minimum absolute atomic E-state index is 0.285. The number of hydrogen-bond acceptors (Lipinski definition) is 9. The number of benzene rings is 2. The lowest BCUT2D eigenvalue weighted by molar-refractivity contribution is -0.388. The molecule has 2 aromatic carbocycles. The number of hydrogen-bond donors (Lipinski definition) is 4. The summed E-state index contributed by atoms with van der Waals surface area (Å²) in [5, 5.41) is 19.9. The van der Waals surface area contributed by atoms with E-state index in [2.05, 4.69) is 31.1 Å². The quantitative estimate of drug-likeness (QED) is 0.165. The van der Waals surface area contributed by atoms with Crippen LogP contribution in [0.25, 0.3) is 0 Å². The predicted molar refractivity (Wildman–Crippen MR) is 120 cm³/mol. The predicted octanol–water partition coefficient (Wildman–Crippen LogP) is 2.38. The first-order chi connectivity index (χ1) is 15.9. The third-order valence-corrected chi connectivity index (χ3v) is 4.22. The Morgan fingerprint density at radius 2 is 1.48 bits per heavy atom. The highest BCUT2D eigenvalue weighted by atomic mass is 16.6. The van der Waals surface area contributed by atoms with Crippen molar-refractivity contribution in [2.45, 2.75) is 0 Å². The minimum atomic E-state index is -0.905. The van der Waals surface area contributed by atoms with Gasteiger partial charge in [-0.15, -0.1) is 0 Å². The van der Waals surface area contributed by atoms with Crippen LogP contribution in [0.2, 0.25) is 0 Å². The molecule has 0 aliphatic heterocycles. The zero-order chi connectivity index (χ0) is 23.8. The van der Waals surface area contributed by atoms with E-state index in [1.807, 2.05) is 0 Å². The molecule has 1 aromatic heterocycles. The fourth-order valence-electron chi connectivity index (χ4n) is 2.68. The molecule has 13 heteroatoms. The summed E-state index contributed by atoms with van der Waals surface area (Å²) in [5.74, 6) is -1.88. The number of amides is 2. The molecule has 0 atom stereocenters. The molecular formula is C20H19N7O6. The number of nitrogens with zero attached hydrogens (tertiary/aromatic N) is 3. The first-order valence-electron chi connectivity index (χ1n) is 9.34. The first-order valence-corrected chi connectivity index (χ1v) is 9.34. The molecule has 0 fully saturated rings. The van der Waals surface area contributed by atoms with Crippen molar-refractivity contribution in [1.82, 2.24) is 9.97 Å². The van der Waals surface area contributed by atoms with Crippen molar-refractivity contribution in [3.05, 3.63) is 65.0 Å². The highest BCUT2D eigenvalue weighted by molar-refractivity contribution is 6.69. The summed E-state index contributed by atoms with van der Waals surface area (Å²) >= 11 is 0. The van der Waals surface area contributed by atoms with Gasteiger partial charge in [-0.05, 0) is 29.2 Å². The van der Waals surface area contributed by atoms with Crippen LogP contribution in [0.5, 0.6) is 11.5 Å². The van der Waals surface area contributed by atoms with Crippen LogP contribution in [0.15, 0.2) is 60.0 Å². The summed E-state index contributed by atoms with van der Waals surface area (Å²) < 4.78 is 10.4. The van der Waals surface area contributed by atoms with Gasteiger partial charge in [-0.3, -0.25) is 15.0 Å². The van der Waals surface area contributed by atoms with Gasteiger partial charge in [-0.1, -0.05) is 24.3 Å². The second-order valence-corrected chi connectivity index (χ2v) is 6.24. The summed E-state index contributed by atoms with van der Waals surface area (Å²) in [6.45, 7) is 0. The third kappa shape index (κ3) is 5.41. The smallest absolute Gasteiger partial charge is 0.366 e. The van der Waals surface area contributed by atoms with Crippen LogP contribution >= 0.6 is 0 Å². The Balaban J connectivity index is 1.92. The maximum Gasteiger partial charge on any atom is 0.366 e. The Labute approximate surface area is 187 Å². The van der Waals surface area contributed by atoms with Crippen molar-refractivity contribution in [3.8, 4) is 11.5 Å². The van der Waals surface area contributed by atoms with Crippen LogP contribution in [0.3, 0.4) is 0 Å². The molecule has 0 unspecified atom stereocenters. The number of carbonyl (C=O) groups excluding carboxylic acids is 2. The number of ether oxygens (including phenoxy) is 2. The highest BCUT2D eigenvalue weighted by Gasteiger charge is 2.24. The molecule has 0 saturated carbocycles.